The Morgan fingerprint density at radius 1 is 1.10 bits per heavy atom. The summed E-state index contributed by atoms with van der Waals surface area (Å²) in [5, 5.41) is 2.47. The Morgan fingerprint density at radius 2 is 1.86 bits per heavy atom. The van der Waals surface area contributed by atoms with Crippen LogP contribution in [0, 0.1) is 0 Å². The molecule has 0 spiro atoms. The monoisotopic (exact) mass is 279 g/mol. The van der Waals surface area contributed by atoms with Crippen molar-refractivity contribution in [3.05, 3.63) is 66.2 Å². The minimum absolute atomic E-state index is 0.0391. The van der Waals surface area contributed by atoms with E-state index in [1.807, 2.05) is 12.4 Å². The van der Waals surface area contributed by atoms with E-state index >= 15 is 0 Å². The first-order chi connectivity index (χ1) is 10.2. The van der Waals surface area contributed by atoms with Crippen molar-refractivity contribution in [3.8, 4) is 0 Å². The van der Waals surface area contributed by atoms with E-state index < -0.39 is 0 Å². The average Bonchev–Trinajstić information content (AvgIpc) is 2.95. The van der Waals surface area contributed by atoms with Crippen LogP contribution in [0.15, 0.2) is 54.9 Å². The number of hydrogen-bond donors (Lipinski definition) is 1. The smallest absolute Gasteiger partial charge is 0.111 e. The summed E-state index contributed by atoms with van der Waals surface area (Å²) in [6, 6.07) is 14.7. The van der Waals surface area contributed by atoms with Crippen LogP contribution in [0.25, 0.3) is 10.8 Å². The molecule has 0 aliphatic heterocycles. The maximum Gasteiger partial charge on any atom is 0.111 e. The SMILES string of the molecule is CC(C)c1nccn1CC(N)c1cccc2ccccc12. The highest BCUT2D eigenvalue weighted by Crippen LogP contribution is 2.25. The largest absolute Gasteiger partial charge is 0.333 e. The number of nitrogens with zero attached hydrogens (tertiary/aromatic N) is 2. The first kappa shape index (κ1) is 13.8. The van der Waals surface area contributed by atoms with Crippen molar-refractivity contribution in [2.75, 3.05) is 0 Å². The number of nitrogens with two attached hydrogens (primary N) is 1. The van der Waals surface area contributed by atoms with Crippen LogP contribution in [-0.2, 0) is 6.54 Å². The van der Waals surface area contributed by atoms with Crippen LogP contribution in [0.2, 0.25) is 0 Å². The van der Waals surface area contributed by atoms with Gasteiger partial charge >= 0.3 is 0 Å². The highest BCUT2D eigenvalue weighted by atomic mass is 15.1. The summed E-state index contributed by atoms with van der Waals surface area (Å²) in [7, 11) is 0. The Hall–Kier alpha value is -2.13. The number of hydrogen-bond acceptors (Lipinski definition) is 2. The van der Waals surface area contributed by atoms with E-state index in [-0.39, 0.29) is 6.04 Å². The highest BCUT2D eigenvalue weighted by Gasteiger charge is 2.13. The third kappa shape index (κ3) is 2.69. The van der Waals surface area contributed by atoms with E-state index in [4.69, 9.17) is 5.73 Å². The molecule has 1 unspecified atom stereocenters. The van der Waals surface area contributed by atoms with Gasteiger partial charge in [0, 0.05) is 30.9 Å². The lowest BCUT2D eigenvalue weighted by atomic mass is 9.99. The van der Waals surface area contributed by atoms with Crippen LogP contribution in [0.3, 0.4) is 0 Å². The molecule has 3 rings (SSSR count). The first-order valence-corrected chi connectivity index (χ1v) is 7.41. The minimum Gasteiger partial charge on any atom is -0.333 e. The molecule has 2 aromatic carbocycles. The van der Waals surface area contributed by atoms with Gasteiger partial charge in [-0.1, -0.05) is 56.3 Å². The molecule has 0 aliphatic rings. The predicted molar refractivity (Wildman–Crippen MR) is 87.2 cm³/mol. The fourth-order valence-corrected chi connectivity index (χ4v) is 2.86. The first-order valence-electron chi connectivity index (χ1n) is 7.41. The fourth-order valence-electron chi connectivity index (χ4n) is 2.86. The Bertz CT molecular complexity index is 738. The third-order valence-corrected chi connectivity index (χ3v) is 3.88. The zero-order chi connectivity index (χ0) is 14.8. The van der Waals surface area contributed by atoms with Crippen LogP contribution in [0.5, 0.6) is 0 Å². The van der Waals surface area contributed by atoms with Gasteiger partial charge in [0.2, 0.25) is 0 Å². The molecule has 108 valence electrons. The molecule has 3 nitrogen and oxygen atoms in total. The number of aromatic nitrogens is 2. The summed E-state index contributed by atoms with van der Waals surface area (Å²) in [5.41, 5.74) is 7.66. The summed E-state index contributed by atoms with van der Waals surface area (Å²) in [5.74, 6) is 1.49. The van der Waals surface area contributed by atoms with Crippen LogP contribution >= 0.6 is 0 Å². The second-order valence-corrected chi connectivity index (χ2v) is 5.77. The molecule has 0 saturated heterocycles. The van der Waals surface area contributed by atoms with Gasteiger partial charge in [0.25, 0.3) is 0 Å². The molecule has 0 radical (unpaired) electrons. The molecule has 1 heterocycles. The van der Waals surface area contributed by atoms with Crippen molar-refractivity contribution in [1.82, 2.24) is 9.55 Å². The molecule has 0 aliphatic carbocycles. The average molecular weight is 279 g/mol. The molecular weight excluding hydrogens is 258 g/mol. The summed E-state index contributed by atoms with van der Waals surface area (Å²) >= 11 is 0. The lowest BCUT2D eigenvalue weighted by Crippen LogP contribution is -2.19. The van der Waals surface area contributed by atoms with E-state index in [2.05, 4.69) is 65.9 Å². The normalized spacial score (nSPS) is 13.0. The molecule has 3 aromatic rings. The predicted octanol–water partition coefficient (Wildman–Crippen LogP) is 3.86. The zero-order valence-corrected chi connectivity index (χ0v) is 12.5. The third-order valence-electron chi connectivity index (χ3n) is 3.88. The van der Waals surface area contributed by atoms with Crippen LogP contribution in [0.1, 0.15) is 37.2 Å². The van der Waals surface area contributed by atoms with Gasteiger partial charge in [-0.3, -0.25) is 0 Å². The summed E-state index contributed by atoms with van der Waals surface area (Å²) in [6.45, 7) is 5.06. The number of rotatable bonds is 4. The molecule has 2 N–H and O–H groups in total. The van der Waals surface area contributed by atoms with Crippen molar-refractivity contribution in [2.45, 2.75) is 32.4 Å². The Morgan fingerprint density at radius 3 is 2.67 bits per heavy atom. The molecule has 21 heavy (non-hydrogen) atoms. The zero-order valence-electron chi connectivity index (χ0n) is 12.5. The van der Waals surface area contributed by atoms with Crippen LogP contribution in [-0.4, -0.2) is 9.55 Å². The molecular formula is C18H21N3. The number of imidazole rings is 1. The maximum absolute atomic E-state index is 6.47. The topological polar surface area (TPSA) is 43.8 Å². The second-order valence-electron chi connectivity index (χ2n) is 5.77. The molecule has 1 atom stereocenters. The van der Waals surface area contributed by atoms with Crippen LogP contribution < -0.4 is 5.73 Å². The van der Waals surface area contributed by atoms with Gasteiger partial charge in [-0.05, 0) is 16.3 Å². The Balaban J connectivity index is 1.94. The van der Waals surface area contributed by atoms with Gasteiger partial charge in [-0.25, -0.2) is 4.98 Å². The van der Waals surface area contributed by atoms with Crippen molar-refractivity contribution < 1.29 is 0 Å². The van der Waals surface area contributed by atoms with Gasteiger partial charge in [0.1, 0.15) is 5.82 Å². The minimum atomic E-state index is -0.0391. The molecule has 0 saturated carbocycles. The number of benzene rings is 2. The van der Waals surface area contributed by atoms with Crippen molar-refractivity contribution in [2.24, 2.45) is 5.73 Å². The van der Waals surface area contributed by atoms with Gasteiger partial charge in [0.05, 0.1) is 0 Å². The highest BCUT2D eigenvalue weighted by molar-refractivity contribution is 5.86. The molecule has 1 aromatic heterocycles. The molecule has 0 bridgehead atoms. The Labute approximate surface area is 125 Å². The van der Waals surface area contributed by atoms with E-state index in [1.54, 1.807) is 0 Å². The summed E-state index contributed by atoms with van der Waals surface area (Å²) in [4.78, 5) is 4.43. The van der Waals surface area contributed by atoms with Gasteiger partial charge in [-0.15, -0.1) is 0 Å². The van der Waals surface area contributed by atoms with Gasteiger partial charge < -0.3 is 10.3 Å². The lowest BCUT2D eigenvalue weighted by Gasteiger charge is -2.18. The van der Waals surface area contributed by atoms with Crippen molar-refractivity contribution in [3.63, 3.8) is 0 Å². The fraction of sp³-hybridized carbons (Fsp3) is 0.278. The van der Waals surface area contributed by atoms with E-state index in [9.17, 15) is 0 Å². The molecule has 0 amide bonds. The van der Waals surface area contributed by atoms with E-state index in [0.717, 1.165) is 12.4 Å². The standard InChI is InChI=1S/C18H21N3/c1-13(2)18-20-10-11-21(18)12-17(19)16-9-5-7-14-6-3-4-8-15(14)16/h3-11,13,17H,12,19H2,1-2H3. The van der Waals surface area contributed by atoms with Crippen molar-refractivity contribution in [1.29, 1.82) is 0 Å². The second kappa shape index (κ2) is 5.70. The Kier molecular flexibility index (Phi) is 3.76. The summed E-state index contributed by atoms with van der Waals surface area (Å²) in [6.07, 6.45) is 3.87. The molecule has 0 fully saturated rings. The van der Waals surface area contributed by atoms with E-state index in [0.29, 0.717) is 5.92 Å². The molecule has 3 heteroatoms. The van der Waals surface area contributed by atoms with Gasteiger partial charge in [0.15, 0.2) is 0 Å². The van der Waals surface area contributed by atoms with Crippen LogP contribution in [0.4, 0.5) is 0 Å². The quantitative estimate of drug-likeness (QED) is 0.788. The van der Waals surface area contributed by atoms with Crippen molar-refractivity contribution >= 4 is 10.8 Å². The maximum atomic E-state index is 6.47. The summed E-state index contributed by atoms with van der Waals surface area (Å²) < 4.78 is 2.16. The van der Waals surface area contributed by atoms with Gasteiger partial charge in [-0.2, -0.15) is 0 Å². The lowest BCUT2D eigenvalue weighted by molar-refractivity contribution is 0.544. The number of fused-ring (bicyclic) bond motifs is 1. The van der Waals surface area contributed by atoms with E-state index in [1.165, 1.54) is 16.3 Å².